The first-order valence-corrected chi connectivity index (χ1v) is 9.72. The van der Waals surface area contributed by atoms with Crippen molar-refractivity contribution in [1.82, 2.24) is 4.98 Å². The second kappa shape index (κ2) is 8.75. The molecule has 0 aliphatic carbocycles. The Kier molecular flexibility index (Phi) is 6.16. The van der Waals surface area contributed by atoms with Crippen molar-refractivity contribution in [3.05, 3.63) is 81.8 Å². The van der Waals surface area contributed by atoms with Crippen LogP contribution in [0.4, 0.5) is 4.39 Å². The highest BCUT2D eigenvalue weighted by atomic mass is 32.2. The molecule has 0 fully saturated rings. The molecule has 2 aromatic carbocycles. The lowest BCUT2D eigenvalue weighted by atomic mass is 10.0. The molecule has 144 valence electrons. The van der Waals surface area contributed by atoms with Gasteiger partial charge in [-0.2, -0.15) is 0 Å². The van der Waals surface area contributed by atoms with Crippen LogP contribution in [0, 0.1) is 0 Å². The third kappa shape index (κ3) is 4.43. The van der Waals surface area contributed by atoms with E-state index in [1.807, 2.05) is 24.5 Å². The number of alkyl halides is 1. The highest BCUT2D eigenvalue weighted by Gasteiger charge is 2.14. The summed E-state index contributed by atoms with van der Waals surface area (Å²) in [7, 11) is 0. The lowest BCUT2D eigenvalue weighted by molar-refractivity contribution is 0.0999. The monoisotopic (exact) mass is 398 g/mol. The van der Waals surface area contributed by atoms with Crippen LogP contribution in [-0.4, -0.2) is 17.1 Å². The number of primary amides is 1. The molecule has 3 rings (SSSR count). The number of pyridine rings is 1. The Morgan fingerprint density at radius 3 is 2.57 bits per heavy atom. The van der Waals surface area contributed by atoms with Gasteiger partial charge in [-0.25, -0.2) is 4.39 Å². The van der Waals surface area contributed by atoms with Gasteiger partial charge in [0.15, 0.2) is 0 Å². The number of carbonyl (C=O) groups excluding carboxylic acids is 1. The zero-order valence-corrected chi connectivity index (χ0v) is 16.0. The molecule has 1 aromatic heterocycles. The number of aromatic nitrogens is 1. The van der Waals surface area contributed by atoms with Crippen molar-refractivity contribution < 1.29 is 13.9 Å². The van der Waals surface area contributed by atoms with E-state index in [2.05, 4.69) is 11.1 Å². The molecule has 1 heterocycles. The maximum atomic E-state index is 13.3. The number of halogens is 1. The summed E-state index contributed by atoms with van der Waals surface area (Å²) >= 11 is 1.67. The lowest BCUT2D eigenvalue weighted by Crippen LogP contribution is -2.24. The number of thioether (sulfide) groups is 1. The van der Waals surface area contributed by atoms with Crippen LogP contribution in [0.3, 0.4) is 0 Å². The molecule has 0 aliphatic heterocycles. The SMILES string of the molecule is CSc1cccc(COc2ccc(-c3cc(C(N)=O)c(=O)[nH]c3CF)cc2)c1. The average Bonchev–Trinajstić information content (AvgIpc) is 2.72. The quantitative estimate of drug-likeness (QED) is 0.591. The molecule has 0 saturated carbocycles. The van der Waals surface area contributed by atoms with Crippen molar-refractivity contribution in [2.75, 3.05) is 6.26 Å². The first-order valence-electron chi connectivity index (χ1n) is 8.50. The third-order valence-electron chi connectivity index (χ3n) is 4.23. The molecule has 0 spiro atoms. The first-order chi connectivity index (χ1) is 13.5. The van der Waals surface area contributed by atoms with E-state index in [0.29, 0.717) is 23.5 Å². The third-order valence-corrected chi connectivity index (χ3v) is 4.95. The Labute approximate surface area is 165 Å². The van der Waals surface area contributed by atoms with Crippen molar-refractivity contribution in [1.29, 1.82) is 0 Å². The van der Waals surface area contributed by atoms with Gasteiger partial charge < -0.3 is 15.5 Å². The number of hydrogen-bond donors (Lipinski definition) is 2. The summed E-state index contributed by atoms with van der Waals surface area (Å²) in [6.45, 7) is -0.443. The fraction of sp³-hybridized carbons (Fsp3) is 0.143. The summed E-state index contributed by atoms with van der Waals surface area (Å²) < 4.78 is 19.1. The molecule has 0 radical (unpaired) electrons. The fourth-order valence-corrected chi connectivity index (χ4v) is 3.26. The van der Waals surface area contributed by atoms with Crippen LogP contribution >= 0.6 is 11.8 Å². The van der Waals surface area contributed by atoms with Crippen LogP contribution in [0.15, 0.2) is 64.3 Å². The summed E-state index contributed by atoms with van der Waals surface area (Å²) in [6.07, 6.45) is 2.02. The molecule has 5 nitrogen and oxygen atoms in total. The van der Waals surface area contributed by atoms with Gasteiger partial charge in [-0.3, -0.25) is 9.59 Å². The zero-order valence-electron chi connectivity index (χ0n) is 15.2. The largest absolute Gasteiger partial charge is 0.489 e. The van der Waals surface area contributed by atoms with E-state index < -0.39 is 18.1 Å². The van der Waals surface area contributed by atoms with Gasteiger partial charge in [-0.1, -0.05) is 24.3 Å². The number of rotatable bonds is 7. The molecular formula is C21H19FN2O3S. The van der Waals surface area contributed by atoms with Crippen LogP contribution in [0.2, 0.25) is 0 Å². The average molecular weight is 398 g/mol. The summed E-state index contributed by atoms with van der Waals surface area (Å²) in [5.74, 6) is -0.208. The predicted octanol–water partition coefficient (Wildman–Crippen LogP) is 3.91. The van der Waals surface area contributed by atoms with Crippen LogP contribution in [0.5, 0.6) is 5.75 Å². The molecule has 3 N–H and O–H groups in total. The number of nitrogens with one attached hydrogen (secondary N) is 1. The minimum Gasteiger partial charge on any atom is -0.489 e. The Hall–Kier alpha value is -3.06. The molecule has 0 aliphatic rings. The number of benzene rings is 2. The minimum atomic E-state index is -0.867. The number of aromatic amines is 1. The highest BCUT2D eigenvalue weighted by Crippen LogP contribution is 2.26. The van der Waals surface area contributed by atoms with E-state index in [-0.39, 0.29) is 11.3 Å². The molecule has 0 saturated heterocycles. The van der Waals surface area contributed by atoms with E-state index in [4.69, 9.17) is 10.5 Å². The number of ether oxygens (including phenoxy) is 1. The van der Waals surface area contributed by atoms with Crippen molar-refractivity contribution in [3.8, 4) is 16.9 Å². The number of amides is 1. The number of carbonyl (C=O) groups is 1. The van der Waals surface area contributed by atoms with Gasteiger partial charge in [0.05, 0.1) is 5.69 Å². The van der Waals surface area contributed by atoms with E-state index in [9.17, 15) is 14.0 Å². The zero-order chi connectivity index (χ0) is 20.1. The van der Waals surface area contributed by atoms with Crippen molar-refractivity contribution in [3.63, 3.8) is 0 Å². The fourth-order valence-electron chi connectivity index (χ4n) is 2.77. The first kappa shape index (κ1) is 19.7. The number of H-pyrrole nitrogens is 1. The van der Waals surface area contributed by atoms with Gasteiger partial charge in [-0.15, -0.1) is 11.8 Å². The van der Waals surface area contributed by atoms with Gasteiger partial charge >= 0.3 is 0 Å². The molecule has 0 atom stereocenters. The molecule has 3 aromatic rings. The van der Waals surface area contributed by atoms with Crippen LogP contribution in [0.25, 0.3) is 11.1 Å². The van der Waals surface area contributed by atoms with E-state index in [1.54, 1.807) is 36.0 Å². The second-order valence-corrected chi connectivity index (χ2v) is 6.95. The lowest BCUT2D eigenvalue weighted by Gasteiger charge is -2.11. The van der Waals surface area contributed by atoms with Gasteiger partial charge in [0, 0.05) is 10.5 Å². The standard InChI is InChI=1S/C21H19FN2O3S/c1-28-16-4-2-3-13(9-16)12-27-15-7-5-14(6-8-15)17-10-18(20(23)25)21(26)24-19(17)11-22/h2-10H,11-12H2,1H3,(H2,23,25)(H,24,26). The van der Waals surface area contributed by atoms with E-state index in [0.717, 1.165) is 5.56 Å². The molecule has 28 heavy (non-hydrogen) atoms. The summed E-state index contributed by atoms with van der Waals surface area (Å²) in [4.78, 5) is 26.8. The van der Waals surface area contributed by atoms with Crippen molar-refractivity contribution in [2.45, 2.75) is 18.2 Å². The Bertz CT molecular complexity index is 1050. The topological polar surface area (TPSA) is 85.2 Å². The number of nitrogens with two attached hydrogens (primary N) is 1. The van der Waals surface area contributed by atoms with E-state index >= 15 is 0 Å². The minimum absolute atomic E-state index is 0.0950. The molecular weight excluding hydrogens is 379 g/mol. The molecule has 0 bridgehead atoms. The number of hydrogen-bond acceptors (Lipinski definition) is 4. The maximum Gasteiger partial charge on any atom is 0.261 e. The highest BCUT2D eigenvalue weighted by molar-refractivity contribution is 7.98. The van der Waals surface area contributed by atoms with Crippen LogP contribution in [-0.2, 0) is 13.3 Å². The summed E-state index contributed by atoms with van der Waals surface area (Å²) in [6, 6.07) is 16.4. The van der Waals surface area contributed by atoms with Gasteiger partial charge in [0.2, 0.25) is 0 Å². The van der Waals surface area contributed by atoms with Gasteiger partial charge in [0.1, 0.15) is 24.6 Å². The summed E-state index contributed by atoms with van der Waals surface area (Å²) in [5.41, 5.74) is 6.52. The normalized spacial score (nSPS) is 10.6. The van der Waals surface area contributed by atoms with Crippen LogP contribution in [0.1, 0.15) is 21.6 Å². The Morgan fingerprint density at radius 1 is 1.18 bits per heavy atom. The molecule has 7 heteroatoms. The second-order valence-electron chi connectivity index (χ2n) is 6.07. The van der Waals surface area contributed by atoms with E-state index in [1.165, 1.54) is 11.0 Å². The van der Waals surface area contributed by atoms with Crippen molar-refractivity contribution in [2.24, 2.45) is 5.73 Å². The Morgan fingerprint density at radius 2 is 1.93 bits per heavy atom. The van der Waals surface area contributed by atoms with Crippen molar-refractivity contribution >= 4 is 17.7 Å². The van der Waals surface area contributed by atoms with Gasteiger partial charge in [-0.05, 0) is 47.7 Å². The molecule has 1 amide bonds. The smallest absolute Gasteiger partial charge is 0.261 e. The summed E-state index contributed by atoms with van der Waals surface area (Å²) in [5, 5.41) is 0. The maximum absolute atomic E-state index is 13.3. The Balaban J connectivity index is 1.81. The molecule has 0 unspecified atom stereocenters. The van der Waals surface area contributed by atoms with Gasteiger partial charge in [0.25, 0.3) is 11.5 Å². The predicted molar refractivity (Wildman–Crippen MR) is 108 cm³/mol. The van der Waals surface area contributed by atoms with Crippen LogP contribution < -0.4 is 16.0 Å².